The first-order valence-electron chi connectivity index (χ1n) is 9.86. The van der Waals surface area contributed by atoms with Crippen molar-refractivity contribution < 1.29 is 36.3 Å². The summed E-state index contributed by atoms with van der Waals surface area (Å²) in [6.07, 6.45) is -4.93. The zero-order chi connectivity index (χ0) is 25.8. The first-order chi connectivity index (χ1) is 16.4. The minimum atomic E-state index is -6.06. The predicted molar refractivity (Wildman–Crippen MR) is 119 cm³/mol. The molecule has 0 unspecified atom stereocenters. The summed E-state index contributed by atoms with van der Waals surface area (Å²) >= 11 is 5.76. The second-order valence-corrected chi connectivity index (χ2v) is 7.60. The molecule has 6 nitrogen and oxygen atoms in total. The van der Waals surface area contributed by atoms with Crippen LogP contribution in [0, 0.1) is 0 Å². The lowest BCUT2D eigenvalue weighted by Gasteiger charge is -2.20. The largest absolute Gasteiger partial charge is 0.465 e. The Morgan fingerprint density at radius 3 is 2.31 bits per heavy atom. The van der Waals surface area contributed by atoms with E-state index in [1.54, 1.807) is 48.5 Å². The van der Waals surface area contributed by atoms with Crippen molar-refractivity contribution in [2.75, 3.05) is 17.7 Å². The number of amides is 1. The zero-order valence-electron chi connectivity index (χ0n) is 17.9. The molecule has 0 bridgehead atoms. The summed E-state index contributed by atoms with van der Waals surface area (Å²) in [5.41, 5.74) is 1.98. The van der Waals surface area contributed by atoms with Gasteiger partial charge in [-0.25, -0.2) is 9.78 Å². The van der Waals surface area contributed by atoms with Crippen LogP contribution in [0.5, 0.6) is 0 Å². The Labute approximate surface area is 201 Å². The number of alkyl halides is 5. The molecule has 1 amide bonds. The molecule has 3 rings (SSSR count). The predicted octanol–water partition coefficient (Wildman–Crippen LogP) is 5.94. The van der Waals surface area contributed by atoms with Crippen molar-refractivity contribution in [3.8, 4) is 11.1 Å². The normalized spacial score (nSPS) is 11.6. The third-order valence-electron chi connectivity index (χ3n) is 4.80. The Kier molecular flexibility index (Phi) is 7.59. The standard InChI is InChI=1S/C23H17ClF5N3O3/c1-35-20(33)17-5-3-2-4-16(17)14-8-6-13(7-9-14)11-30-19-18(10-15(24)12-31-19)32-21(34)22(25,26)23(27,28)29/h2-10,12H,11H2,1H3,(H,30,31)(H,32,34). The van der Waals surface area contributed by atoms with E-state index in [4.69, 9.17) is 16.3 Å². The van der Waals surface area contributed by atoms with Gasteiger partial charge in [0.1, 0.15) is 5.82 Å². The maximum atomic E-state index is 13.3. The van der Waals surface area contributed by atoms with Gasteiger partial charge < -0.3 is 15.4 Å². The highest BCUT2D eigenvalue weighted by Crippen LogP contribution is 2.37. The lowest BCUT2D eigenvalue weighted by Crippen LogP contribution is -2.47. The number of esters is 1. The lowest BCUT2D eigenvalue weighted by atomic mass is 9.98. The van der Waals surface area contributed by atoms with Crippen LogP contribution in [0.2, 0.25) is 5.02 Å². The SMILES string of the molecule is COC(=O)c1ccccc1-c1ccc(CNc2ncc(Cl)cc2NC(=O)C(F)(F)C(F)(F)F)cc1. The van der Waals surface area contributed by atoms with E-state index < -0.39 is 29.7 Å². The van der Waals surface area contributed by atoms with Crippen molar-refractivity contribution in [1.29, 1.82) is 0 Å². The number of pyridine rings is 1. The van der Waals surface area contributed by atoms with Crippen LogP contribution in [0.1, 0.15) is 15.9 Å². The Morgan fingerprint density at radius 1 is 1.03 bits per heavy atom. The fraction of sp³-hybridized carbons (Fsp3) is 0.174. The van der Waals surface area contributed by atoms with E-state index in [0.29, 0.717) is 16.7 Å². The molecule has 12 heteroatoms. The van der Waals surface area contributed by atoms with Crippen molar-refractivity contribution in [2.24, 2.45) is 0 Å². The van der Waals surface area contributed by atoms with E-state index in [-0.39, 0.29) is 17.4 Å². The smallest absolute Gasteiger partial charge is 0.463 e. The summed E-state index contributed by atoms with van der Waals surface area (Å²) in [6, 6.07) is 14.7. The summed E-state index contributed by atoms with van der Waals surface area (Å²) in [4.78, 5) is 27.4. The molecule has 0 spiro atoms. The van der Waals surface area contributed by atoms with E-state index in [2.05, 4.69) is 10.3 Å². The minimum absolute atomic E-state index is 0.0755. The third-order valence-corrected chi connectivity index (χ3v) is 5.01. The van der Waals surface area contributed by atoms with E-state index >= 15 is 0 Å². The Hall–Kier alpha value is -3.73. The number of hydrogen-bond donors (Lipinski definition) is 2. The van der Waals surface area contributed by atoms with E-state index in [0.717, 1.165) is 17.8 Å². The van der Waals surface area contributed by atoms with E-state index in [1.165, 1.54) is 12.4 Å². The number of methoxy groups -OCH3 is 1. The average molecular weight is 514 g/mol. The molecule has 2 aromatic carbocycles. The maximum Gasteiger partial charge on any atom is 0.463 e. The Bertz CT molecular complexity index is 1230. The quantitative estimate of drug-likeness (QED) is 0.302. The number of benzene rings is 2. The van der Waals surface area contributed by atoms with Gasteiger partial charge >= 0.3 is 24.0 Å². The molecule has 3 aromatic rings. The third kappa shape index (κ3) is 5.86. The molecule has 1 aromatic heterocycles. The van der Waals surface area contributed by atoms with Crippen LogP contribution in [0.3, 0.4) is 0 Å². The summed E-state index contributed by atoms with van der Waals surface area (Å²) < 4.78 is 68.9. The second-order valence-electron chi connectivity index (χ2n) is 7.16. The molecular formula is C23H17ClF5N3O3. The van der Waals surface area contributed by atoms with Crippen LogP contribution in [-0.2, 0) is 16.1 Å². The van der Waals surface area contributed by atoms with Crippen LogP contribution in [-0.4, -0.2) is 36.1 Å². The number of aromatic nitrogens is 1. The van der Waals surface area contributed by atoms with Crippen LogP contribution >= 0.6 is 11.6 Å². The first-order valence-corrected chi connectivity index (χ1v) is 10.2. The van der Waals surface area contributed by atoms with E-state index in [1.807, 2.05) is 0 Å². The molecule has 0 radical (unpaired) electrons. The summed E-state index contributed by atoms with van der Waals surface area (Å²) in [5, 5.41) is 4.20. The monoisotopic (exact) mass is 513 g/mol. The van der Waals surface area contributed by atoms with Crippen LogP contribution in [0.25, 0.3) is 11.1 Å². The molecular weight excluding hydrogens is 497 g/mol. The molecule has 0 atom stereocenters. The average Bonchev–Trinajstić information content (AvgIpc) is 2.82. The maximum absolute atomic E-state index is 13.3. The molecule has 0 aliphatic heterocycles. The number of anilines is 2. The number of ether oxygens (including phenoxy) is 1. The lowest BCUT2D eigenvalue weighted by molar-refractivity contribution is -0.267. The Balaban J connectivity index is 1.77. The summed E-state index contributed by atoms with van der Waals surface area (Å²) in [6.45, 7) is 0.0755. The van der Waals surface area contributed by atoms with E-state index in [9.17, 15) is 31.5 Å². The molecule has 0 saturated heterocycles. The number of hydrogen-bond acceptors (Lipinski definition) is 5. The fourth-order valence-electron chi connectivity index (χ4n) is 3.02. The van der Waals surface area contributed by atoms with Crippen LogP contribution in [0.4, 0.5) is 33.5 Å². The molecule has 184 valence electrons. The van der Waals surface area contributed by atoms with Crippen molar-refractivity contribution in [3.63, 3.8) is 0 Å². The van der Waals surface area contributed by atoms with Crippen LogP contribution < -0.4 is 10.6 Å². The van der Waals surface area contributed by atoms with Gasteiger partial charge in [0.25, 0.3) is 0 Å². The van der Waals surface area contributed by atoms with Gasteiger partial charge in [-0.2, -0.15) is 22.0 Å². The number of carbonyl (C=O) groups is 2. The van der Waals surface area contributed by atoms with Gasteiger partial charge in [-0.1, -0.05) is 54.1 Å². The highest BCUT2D eigenvalue weighted by Gasteiger charge is 2.63. The molecule has 0 fully saturated rings. The van der Waals surface area contributed by atoms with Gasteiger partial charge in [0, 0.05) is 12.7 Å². The highest BCUT2D eigenvalue weighted by atomic mass is 35.5. The summed E-state index contributed by atoms with van der Waals surface area (Å²) in [7, 11) is 1.28. The number of nitrogens with zero attached hydrogens (tertiary/aromatic N) is 1. The van der Waals surface area contributed by atoms with Gasteiger partial charge in [-0.3, -0.25) is 4.79 Å². The molecule has 0 aliphatic carbocycles. The van der Waals surface area contributed by atoms with Crippen molar-refractivity contribution >= 4 is 35.0 Å². The van der Waals surface area contributed by atoms with Crippen LogP contribution in [0.15, 0.2) is 60.8 Å². The first kappa shape index (κ1) is 25.9. The van der Waals surface area contributed by atoms with Crippen molar-refractivity contribution in [2.45, 2.75) is 18.6 Å². The van der Waals surface area contributed by atoms with Gasteiger partial charge in [-0.05, 0) is 28.8 Å². The number of rotatable bonds is 7. The Morgan fingerprint density at radius 2 is 1.69 bits per heavy atom. The number of nitrogens with one attached hydrogen (secondary N) is 2. The van der Waals surface area contributed by atoms with Gasteiger partial charge in [0.15, 0.2) is 0 Å². The fourth-order valence-corrected chi connectivity index (χ4v) is 3.17. The van der Waals surface area contributed by atoms with Gasteiger partial charge in [0.2, 0.25) is 0 Å². The molecule has 0 saturated carbocycles. The van der Waals surface area contributed by atoms with Crippen molar-refractivity contribution in [3.05, 3.63) is 76.9 Å². The summed E-state index contributed by atoms with van der Waals surface area (Å²) in [5.74, 6) is -8.83. The number of halogens is 6. The molecule has 1 heterocycles. The van der Waals surface area contributed by atoms with Gasteiger partial charge in [0.05, 0.1) is 23.4 Å². The number of carbonyl (C=O) groups excluding carboxylic acids is 2. The van der Waals surface area contributed by atoms with Crippen molar-refractivity contribution in [1.82, 2.24) is 4.98 Å². The highest BCUT2D eigenvalue weighted by molar-refractivity contribution is 6.31. The molecule has 2 N–H and O–H groups in total. The topological polar surface area (TPSA) is 80.3 Å². The zero-order valence-corrected chi connectivity index (χ0v) is 18.7. The minimum Gasteiger partial charge on any atom is -0.465 e. The molecule has 35 heavy (non-hydrogen) atoms. The second kappa shape index (κ2) is 10.3. The molecule has 0 aliphatic rings. The van der Waals surface area contributed by atoms with Gasteiger partial charge in [-0.15, -0.1) is 0 Å².